The van der Waals surface area contributed by atoms with E-state index in [4.69, 9.17) is 9.84 Å². The molecular formula is C14H13FN2O3. The summed E-state index contributed by atoms with van der Waals surface area (Å²) in [5.74, 6) is -0.581. The normalized spacial score (nSPS) is 10.1. The van der Waals surface area contributed by atoms with Crippen molar-refractivity contribution in [3.63, 3.8) is 0 Å². The molecular weight excluding hydrogens is 263 g/mol. The Bertz CT molecular complexity index is 587. The summed E-state index contributed by atoms with van der Waals surface area (Å²) >= 11 is 0. The third kappa shape index (κ3) is 3.76. The number of aliphatic hydroxyl groups excluding tert-OH is 1. The van der Waals surface area contributed by atoms with Crippen molar-refractivity contribution in [1.82, 2.24) is 4.98 Å². The molecule has 0 aliphatic heterocycles. The lowest BCUT2D eigenvalue weighted by atomic mass is 10.3. The molecule has 6 heteroatoms. The molecule has 0 fully saturated rings. The highest BCUT2D eigenvalue weighted by molar-refractivity contribution is 5.91. The molecule has 20 heavy (non-hydrogen) atoms. The van der Waals surface area contributed by atoms with Crippen LogP contribution in [0, 0.1) is 5.82 Å². The van der Waals surface area contributed by atoms with E-state index in [2.05, 4.69) is 10.3 Å². The highest BCUT2D eigenvalue weighted by atomic mass is 19.1. The minimum absolute atomic E-state index is 0.106. The van der Waals surface area contributed by atoms with Crippen LogP contribution in [-0.2, 0) is 11.4 Å². The number of halogens is 1. The molecule has 0 aliphatic rings. The van der Waals surface area contributed by atoms with Gasteiger partial charge in [0.1, 0.15) is 11.6 Å². The molecule has 0 unspecified atom stereocenters. The number of carbonyl (C=O) groups excluding carboxylic acids is 1. The summed E-state index contributed by atoms with van der Waals surface area (Å²) in [5.41, 5.74) is 0.614. The van der Waals surface area contributed by atoms with Crippen molar-refractivity contribution in [3.8, 4) is 5.75 Å². The van der Waals surface area contributed by atoms with E-state index in [1.807, 2.05) is 0 Å². The summed E-state index contributed by atoms with van der Waals surface area (Å²) in [6.45, 7) is -0.414. The fourth-order valence-electron chi connectivity index (χ4n) is 1.49. The molecule has 2 rings (SSSR count). The van der Waals surface area contributed by atoms with Gasteiger partial charge < -0.3 is 15.2 Å². The van der Waals surface area contributed by atoms with Crippen molar-refractivity contribution < 1.29 is 19.0 Å². The van der Waals surface area contributed by atoms with Crippen molar-refractivity contribution in [2.24, 2.45) is 0 Å². The number of para-hydroxylation sites is 1. The van der Waals surface area contributed by atoms with Gasteiger partial charge in [0.15, 0.2) is 6.61 Å². The summed E-state index contributed by atoms with van der Waals surface area (Å²) in [6.07, 6.45) is 1.40. The van der Waals surface area contributed by atoms with Gasteiger partial charge in [-0.1, -0.05) is 12.1 Å². The molecule has 1 heterocycles. The summed E-state index contributed by atoms with van der Waals surface area (Å²) in [7, 11) is 0. The second kappa shape index (κ2) is 6.63. The van der Waals surface area contributed by atoms with E-state index in [1.165, 1.54) is 24.4 Å². The SMILES string of the molecule is O=C(COc1ccc(CO)nc1)Nc1ccccc1F. The Morgan fingerprint density at radius 3 is 2.75 bits per heavy atom. The van der Waals surface area contributed by atoms with E-state index >= 15 is 0 Å². The third-order valence-electron chi connectivity index (χ3n) is 2.48. The van der Waals surface area contributed by atoms with Gasteiger partial charge in [0.05, 0.1) is 24.2 Å². The first-order valence-electron chi connectivity index (χ1n) is 5.92. The molecule has 2 N–H and O–H groups in total. The molecule has 2 aromatic rings. The number of aliphatic hydroxyl groups is 1. The monoisotopic (exact) mass is 276 g/mol. The average Bonchev–Trinajstić information content (AvgIpc) is 2.48. The Labute approximate surface area is 115 Å². The number of nitrogens with zero attached hydrogens (tertiary/aromatic N) is 1. The van der Waals surface area contributed by atoms with Crippen molar-refractivity contribution >= 4 is 11.6 Å². The second-order valence-corrected chi connectivity index (χ2v) is 3.96. The molecule has 0 aliphatic carbocycles. The van der Waals surface area contributed by atoms with Crippen LogP contribution in [0.2, 0.25) is 0 Å². The largest absolute Gasteiger partial charge is 0.482 e. The maximum atomic E-state index is 13.3. The highest BCUT2D eigenvalue weighted by Crippen LogP contribution is 2.13. The third-order valence-corrected chi connectivity index (χ3v) is 2.48. The van der Waals surface area contributed by atoms with E-state index in [0.717, 1.165) is 0 Å². The van der Waals surface area contributed by atoms with Crippen LogP contribution in [0.1, 0.15) is 5.69 Å². The summed E-state index contributed by atoms with van der Waals surface area (Å²) in [6, 6.07) is 9.06. The summed E-state index contributed by atoms with van der Waals surface area (Å²) in [4.78, 5) is 15.5. The fraction of sp³-hybridized carbons (Fsp3) is 0.143. The molecule has 0 bridgehead atoms. The second-order valence-electron chi connectivity index (χ2n) is 3.96. The first-order valence-corrected chi connectivity index (χ1v) is 5.92. The van der Waals surface area contributed by atoms with Crippen molar-refractivity contribution in [2.75, 3.05) is 11.9 Å². The first-order chi connectivity index (χ1) is 9.69. The number of ether oxygens (including phenoxy) is 1. The van der Waals surface area contributed by atoms with Gasteiger partial charge in [-0.15, -0.1) is 0 Å². The molecule has 0 atom stereocenters. The first kappa shape index (κ1) is 14.0. The van der Waals surface area contributed by atoms with Crippen LogP contribution in [0.15, 0.2) is 42.6 Å². The number of nitrogens with one attached hydrogen (secondary N) is 1. The topological polar surface area (TPSA) is 71.5 Å². The zero-order chi connectivity index (χ0) is 14.4. The molecule has 0 radical (unpaired) electrons. The maximum Gasteiger partial charge on any atom is 0.262 e. The Morgan fingerprint density at radius 2 is 2.10 bits per heavy atom. The predicted molar refractivity (Wildman–Crippen MR) is 70.7 cm³/mol. The van der Waals surface area contributed by atoms with Crippen LogP contribution < -0.4 is 10.1 Å². The number of rotatable bonds is 5. The number of amides is 1. The zero-order valence-corrected chi connectivity index (χ0v) is 10.5. The van der Waals surface area contributed by atoms with E-state index in [9.17, 15) is 9.18 Å². The maximum absolute atomic E-state index is 13.3. The standard InChI is InChI=1S/C14H13FN2O3/c15-12-3-1-2-4-13(12)17-14(19)9-20-11-6-5-10(8-18)16-7-11/h1-7,18H,8-9H2,(H,17,19). The molecule has 0 saturated carbocycles. The lowest BCUT2D eigenvalue weighted by Gasteiger charge is -2.08. The van der Waals surface area contributed by atoms with Crippen LogP contribution in [0.3, 0.4) is 0 Å². The van der Waals surface area contributed by atoms with Gasteiger partial charge >= 0.3 is 0 Å². The van der Waals surface area contributed by atoms with Crippen LogP contribution in [-0.4, -0.2) is 22.6 Å². The number of pyridine rings is 1. The van der Waals surface area contributed by atoms with Gasteiger partial charge in [-0.3, -0.25) is 9.78 Å². The smallest absolute Gasteiger partial charge is 0.262 e. The lowest BCUT2D eigenvalue weighted by molar-refractivity contribution is -0.118. The molecule has 5 nitrogen and oxygen atoms in total. The number of benzene rings is 1. The lowest BCUT2D eigenvalue weighted by Crippen LogP contribution is -2.20. The van der Waals surface area contributed by atoms with Crippen molar-refractivity contribution in [2.45, 2.75) is 6.61 Å². The number of hydrogen-bond donors (Lipinski definition) is 2. The van der Waals surface area contributed by atoms with Gasteiger partial charge in [0.2, 0.25) is 0 Å². The number of anilines is 1. The number of aromatic nitrogens is 1. The summed E-state index contributed by atoms with van der Waals surface area (Å²) in [5, 5.41) is 11.2. The Morgan fingerprint density at radius 1 is 1.30 bits per heavy atom. The molecule has 104 valence electrons. The van der Waals surface area contributed by atoms with E-state index < -0.39 is 11.7 Å². The molecule has 1 amide bonds. The highest BCUT2D eigenvalue weighted by Gasteiger charge is 2.07. The van der Waals surface area contributed by atoms with Gasteiger partial charge in [0.25, 0.3) is 5.91 Å². The Balaban J connectivity index is 1.87. The Hall–Kier alpha value is -2.47. The molecule has 1 aromatic heterocycles. The predicted octanol–water partition coefficient (Wildman–Crippen LogP) is 1.73. The van der Waals surface area contributed by atoms with Gasteiger partial charge in [0, 0.05) is 0 Å². The fourth-order valence-corrected chi connectivity index (χ4v) is 1.49. The number of hydrogen-bond acceptors (Lipinski definition) is 4. The Kier molecular flexibility index (Phi) is 4.62. The molecule has 0 saturated heterocycles. The van der Waals surface area contributed by atoms with Gasteiger partial charge in [-0.25, -0.2) is 4.39 Å². The van der Waals surface area contributed by atoms with Gasteiger partial charge in [-0.2, -0.15) is 0 Å². The van der Waals surface area contributed by atoms with Gasteiger partial charge in [-0.05, 0) is 24.3 Å². The minimum Gasteiger partial charge on any atom is -0.482 e. The van der Waals surface area contributed by atoms with Crippen LogP contribution in [0.5, 0.6) is 5.75 Å². The zero-order valence-electron chi connectivity index (χ0n) is 10.5. The van der Waals surface area contributed by atoms with E-state index in [-0.39, 0.29) is 18.9 Å². The summed E-state index contributed by atoms with van der Waals surface area (Å²) < 4.78 is 18.5. The quantitative estimate of drug-likeness (QED) is 0.872. The van der Waals surface area contributed by atoms with Crippen molar-refractivity contribution in [3.05, 3.63) is 54.1 Å². The van der Waals surface area contributed by atoms with E-state index in [0.29, 0.717) is 11.4 Å². The van der Waals surface area contributed by atoms with Crippen molar-refractivity contribution in [1.29, 1.82) is 0 Å². The van der Waals surface area contributed by atoms with Crippen LogP contribution in [0.25, 0.3) is 0 Å². The molecule has 1 aromatic carbocycles. The number of carbonyl (C=O) groups is 1. The van der Waals surface area contributed by atoms with Crippen LogP contribution in [0.4, 0.5) is 10.1 Å². The average molecular weight is 276 g/mol. The molecule has 0 spiro atoms. The minimum atomic E-state index is -0.505. The van der Waals surface area contributed by atoms with Crippen LogP contribution >= 0.6 is 0 Å². The van der Waals surface area contributed by atoms with E-state index in [1.54, 1.807) is 18.2 Å².